The standard InChI is InChI=1S/C24H19FN2O3/c1-15-11-12-20(30-2)19(13-15)26-22-21(16-7-4-3-5-8-16)23(28)27(24(22)29)18-10-6-9-17(25)14-18/h3-14,26H,1-2H3. The molecule has 6 heteroatoms. The second kappa shape index (κ2) is 7.83. The highest BCUT2D eigenvalue weighted by atomic mass is 19.1. The van der Waals surface area contributed by atoms with Gasteiger partial charge in [0.15, 0.2) is 0 Å². The quantitative estimate of drug-likeness (QED) is 0.637. The highest BCUT2D eigenvalue weighted by molar-refractivity contribution is 6.46. The molecule has 0 atom stereocenters. The van der Waals surface area contributed by atoms with E-state index in [4.69, 9.17) is 4.74 Å². The number of methoxy groups -OCH3 is 1. The second-order valence-electron chi connectivity index (χ2n) is 6.87. The van der Waals surface area contributed by atoms with Crippen molar-refractivity contribution in [3.8, 4) is 5.75 Å². The number of halogens is 1. The topological polar surface area (TPSA) is 58.6 Å². The molecule has 0 bridgehead atoms. The molecule has 1 aliphatic heterocycles. The minimum absolute atomic E-state index is 0.111. The van der Waals surface area contributed by atoms with Crippen molar-refractivity contribution in [2.45, 2.75) is 6.92 Å². The number of benzene rings is 3. The molecule has 1 aliphatic rings. The number of aryl methyl sites for hydroxylation is 1. The number of imide groups is 1. The van der Waals surface area contributed by atoms with E-state index >= 15 is 0 Å². The Bertz CT molecular complexity index is 1170. The summed E-state index contributed by atoms with van der Waals surface area (Å²) in [4.78, 5) is 27.6. The van der Waals surface area contributed by atoms with Crippen molar-refractivity contribution in [2.24, 2.45) is 0 Å². The average molecular weight is 402 g/mol. The van der Waals surface area contributed by atoms with E-state index in [9.17, 15) is 14.0 Å². The van der Waals surface area contributed by atoms with Crippen LogP contribution >= 0.6 is 0 Å². The van der Waals surface area contributed by atoms with E-state index in [1.807, 2.05) is 25.1 Å². The molecule has 0 aromatic heterocycles. The first-order valence-electron chi connectivity index (χ1n) is 9.35. The van der Waals surface area contributed by atoms with Gasteiger partial charge in [-0.3, -0.25) is 9.59 Å². The van der Waals surface area contributed by atoms with Crippen molar-refractivity contribution in [2.75, 3.05) is 17.3 Å². The second-order valence-corrected chi connectivity index (χ2v) is 6.87. The third-order valence-corrected chi connectivity index (χ3v) is 4.83. The van der Waals surface area contributed by atoms with Crippen molar-refractivity contribution in [1.29, 1.82) is 0 Å². The van der Waals surface area contributed by atoms with Crippen LogP contribution in [0.1, 0.15) is 11.1 Å². The van der Waals surface area contributed by atoms with Crippen LogP contribution < -0.4 is 15.0 Å². The normalized spacial score (nSPS) is 13.8. The molecule has 1 heterocycles. The van der Waals surface area contributed by atoms with Gasteiger partial charge in [0, 0.05) is 0 Å². The van der Waals surface area contributed by atoms with Crippen LogP contribution in [0.15, 0.2) is 78.5 Å². The molecule has 0 fully saturated rings. The monoisotopic (exact) mass is 402 g/mol. The lowest BCUT2D eigenvalue weighted by molar-refractivity contribution is -0.120. The maximum atomic E-state index is 13.8. The number of hydrogen-bond donors (Lipinski definition) is 1. The summed E-state index contributed by atoms with van der Waals surface area (Å²) in [6.45, 7) is 1.91. The highest BCUT2D eigenvalue weighted by Gasteiger charge is 2.40. The predicted octanol–water partition coefficient (Wildman–Crippen LogP) is 4.54. The molecule has 30 heavy (non-hydrogen) atoms. The van der Waals surface area contributed by atoms with Crippen LogP contribution in [0.25, 0.3) is 5.57 Å². The SMILES string of the molecule is COc1ccc(C)cc1NC1=C(c2ccccc2)C(=O)N(c2cccc(F)c2)C1=O. The smallest absolute Gasteiger partial charge is 0.282 e. The van der Waals surface area contributed by atoms with Crippen LogP contribution in [0, 0.1) is 12.7 Å². The Balaban J connectivity index is 1.85. The van der Waals surface area contributed by atoms with Crippen molar-refractivity contribution in [3.63, 3.8) is 0 Å². The number of rotatable bonds is 5. The Labute approximate surface area is 173 Å². The summed E-state index contributed by atoms with van der Waals surface area (Å²) in [6.07, 6.45) is 0. The number of amides is 2. The minimum atomic E-state index is -0.562. The summed E-state index contributed by atoms with van der Waals surface area (Å²) in [5, 5.41) is 3.09. The van der Waals surface area contributed by atoms with Crippen molar-refractivity contribution in [3.05, 3.63) is 95.4 Å². The zero-order chi connectivity index (χ0) is 21.3. The van der Waals surface area contributed by atoms with Gasteiger partial charge in [0.1, 0.15) is 17.3 Å². The average Bonchev–Trinajstić information content (AvgIpc) is 2.98. The van der Waals surface area contributed by atoms with Gasteiger partial charge in [-0.1, -0.05) is 42.5 Å². The molecule has 3 aromatic rings. The molecule has 3 aromatic carbocycles. The Hall–Kier alpha value is -3.93. The lowest BCUT2D eigenvalue weighted by Crippen LogP contribution is -2.32. The van der Waals surface area contributed by atoms with E-state index in [2.05, 4.69) is 5.32 Å². The molecule has 0 unspecified atom stereocenters. The van der Waals surface area contributed by atoms with Crippen LogP contribution in [-0.4, -0.2) is 18.9 Å². The molecule has 0 aliphatic carbocycles. The number of anilines is 2. The van der Waals surface area contributed by atoms with Gasteiger partial charge in [-0.2, -0.15) is 0 Å². The highest BCUT2D eigenvalue weighted by Crippen LogP contribution is 2.36. The molecule has 0 saturated carbocycles. The Morgan fingerprint density at radius 3 is 2.37 bits per heavy atom. The maximum absolute atomic E-state index is 13.8. The molecule has 2 amide bonds. The van der Waals surface area contributed by atoms with Crippen molar-refractivity contribution >= 4 is 28.8 Å². The van der Waals surface area contributed by atoms with Crippen LogP contribution in [0.5, 0.6) is 5.75 Å². The van der Waals surface area contributed by atoms with Crippen LogP contribution in [0.3, 0.4) is 0 Å². The molecule has 0 radical (unpaired) electrons. The van der Waals surface area contributed by atoms with Crippen LogP contribution in [0.4, 0.5) is 15.8 Å². The van der Waals surface area contributed by atoms with E-state index in [-0.39, 0.29) is 17.0 Å². The molecule has 4 rings (SSSR count). The van der Waals surface area contributed by atoms with Gasteiger partial charge in [0.2, 0.25) is 0 Å². The summed E-state index contributed by atoms with van der Waals surface area (Å²) in [5.41, 5.74) is 2.60. The van der Waals surface area contributed by atoms with Crippen LogP contribution in [-0.2, 0) is 9.59 Å². The van der Waals surface area contributed by atoms with E-state index < -0.39 is 17.6 Å². The molecule has 0 spiro atoms. The number of carbonyl (C=O) groups is 2. The molecular weight excluding hydrogens is 383 g/mol. The summed E-state index contributed by atoms with van der Waals surface area (Å²) in [7, 11) is 1.53. The predicted molar refractivity (Wildman–Crippen MR) is 114 cm³/mol. The Morgan fingerprint density at radius 1 is 0.900 bits per heavy atom. The summed E-state index contributed by atoms with van der Waals surface area (Å²) in [5.74, 6) is -1.08. The van der Waals surface area contributed by atoms with Gasteiger partial charge in [-0.15, -0.1) is 0 Å². The first kappa shape index (κ1) is 19.4. The van der Waals surface area contributed by atoms with E-state index in [0.29, 0.717) is 17.0 Å². The van der Waals surface area contributed by atoms with Crippen molar-refractivity contribution in [1.82, 2.24) is 0 Å². The third kappa shape index (κ3) is 3.43. The van der Waals surface area contributed by atoms with E-state index in [1.54, 1.807) is 30.3 Å². The zero-order valence-electron chi connectivity index (χ0n) is 16.5. The van der Waals surface area contributed by atoms with Gasteiger partial charge in [-0.05, 0) is 48.4 Å². The number of carbonyl (C=O) groups excluding carboxylic acids is 2. The summed E-state index contributed by atoms with van der Waals surface area (Å²) in [6, 6.07) is 19.8. The zero-order valence-corrected chi connectivity index (χ0v) is 16.5. The van der Waals surface area contributed by atoms with Gasteiger partial charge >= 0.3 is 0 Å². The molecule has 5 nitrogen and oxygen atoms in total. The largest absolute Gasteiger partial charge is 0.495 e. The number of nitrogens with zero attached hydrogens (tertiary/aromatic N) is 1. The van der Waals surface area contributed by atoms with Crippen molar-refractivity contribution < 1.29 is 18.7 Å². The Kier molecular flexibility index (Phi) is 5.06. The Morgan fingerprint density at radius 2 is 1.67 bits per heavy atom. The van der Waals surface area contributed by atoms with Gasteiger partial charge in [0.25, 0.3) is 11.8 Å². The third-order valence-electron chi connectivity index (χ3n) is 4.83. The van der Waals surface area contributed by atoms with E-state index in [1.165, 1.54) is 25.3 Å². The molecule has 150 valence electrons. The molecule has 0 saturated heterocycles. The summed E-state index contributed by atoms with van der Waals surface area (Å²) >= 11 is 0. The molecule has 1 N–H and O–H groups in total. The fraction of sp³-hybridized carbons (Fsp3) is 0.0833. The fourth-order valence-electron chi connectivity index (χ4n) is 3.42. The molecular formula is C24H19FN2O3. The lowest BCUT2D eigenvalue weighted by atomic mass is 10.0. The fourth-order valence-corrected chi connectivity index (χ4v) is 3.42. The number of ether oxygens (including phenoxy) is 1. The maximum Gasteiger partial charge on any atom is 0.282 e. The number of nitrogens with one attached hydrogen (secondary N) is 1. The van der Waals surface area contributed by atoms with Crippen LogP contribution in [0.2, 0.25) is 0 Å². The minimum Gasteiger partial charge on any atom is -0.495 e. The first-order chi connectivity index (χ1) is 14.5. The van der Waals surface area contributed by atoms with Gasteiger partial charge in [-0.25, -0.2) is 9.29 Å². The van der Waals surface area contributed by atoms with Gasteiger partial charge < -0.3 is 10.1 Å². The lowest BCUT2D eigenvalue weighted by Gasteiger charge is -2.16. The van der Waals surface area contributed by atoms with Gasteiger partial charge in [0.05, 0.1) is 24.1 Å². The summed E-state index contributed by atoms with van der Waals surface area (Å²) < 4.78 is 19.2. The first-order valence-corrected chi connectivity index (χ1v) is 9.35. The number of hydrogen-bond acceptors (Lipinski definition) is 4. The van der Waals surface area contributed by atoms with E-state index in [0.717, 1.165) is 16.5 Å².